The summed E-state index contributed by atoms with van der Waals surface area (Å²) in [6.07, 6.45) is 73.0. The highest BCUT2D eigenvalue weighted by atomic mass is 16.6. The zero-order valence-corrected chi connectivity index (χ0v) is 44.6. The highest BCUT2D eigenvalue weighted by Gasteiger charge is 2.19. The molecule has 6 nitrogen and oxygen atoms in total. The molecular weight excluding hydrogens is 841 g/mol. The summed E-state index contributed by atoms with van der Waals surface area (Å²) in [6, 6.07) is 0. The summed E-state index contributed by atoms with van der Waals surface area (Å²) in [5.41, 5.74) is 0. The number of unbranched alkanes of at least 4 members (excludes halogenated alkanes) is 26. The Morgan fingerprint density at radius 3 is 0.912 bits per heavy atom. The van der Waals surface area contributed by atoms with Crippen molar-refractivity contribution < 1.29 is 28.6 Å². The van der Waals surface area contributed by atoms with E-state index in [1.807, 2.05) is 0 Å². The van der Waals surface area contributed by atoms with Crippen LogP contribution in [0.2, 0.25) is 0 Å². The van der Waals surface area contributed by atoms with Crippen molar-refractivity contribution in [2.75, 3.05) is 13.2 Å². The van der Waals surface area contributed by atoms with E-state index >= 15 is 0 Å². The number of hydrogen-bond donors (Lipinski definition) is 0. The first-order valence-corrected chi connectivity index (χ1v) is 28.6. The van der Waals surface area contributed by atoms with Gasteiger partial charge < -0.3 is 14.2 Å². The summed E-state index contributed by atoms with van der Waals surface area (Å²) in [5, 5.41) is 0. The van der Waals surface area contributed by atoms with E-state index in [1.165, 1.54) is 122 Å². The fraction of sp³-hybridized carbons (Fsp3) is 0.726. The number of ether oxygens (including phenoxy) is 3. The standard InChI is InChI=1S/C62H106O6/c1-4-7-10-13-16-19-21-23-25-27-28-29-30-31-32-33-34-36-37-39-41-43-46-49-52-55-61(64)67-58-59(57-66-60(63)54-51-48-45-18-15-12-9-6-3)68-62(65)56-53-50-47-44-42-40-38-35-26-24-22-20-17-14-11-8-5-2/h7,10,16,19,23-26,28-29,31-32,34,36,59H,4-6,8-9,11-15,17-18,20-22,27,30,33,35,37-58H2,1-3H3/b10-7-,19-16-,25-23-,26-24-,29-28-,32-31-,36-34-. The van der Waals surface area contributed by atoms with Crippen molar-refractivity contribution in [3.8, 4) is 0 Å². The van der Waals surface area contributed by atoms with E-state index in [-0.39, 0.29) is 31.1 Å². The topological polar surface area (TPSA) is 78.9 Å². The van der Waals surface area contributed by atoms with Crippen LogP contribution in [0.15, 0.2) is 85.1 Å². The molecule has 6 heteroatoms. The molecule has 0 aliphatic heterocycles. The maximum atomic E-state index is 12.8. The predicted molar refractivity (Wildman–Crippen MR) is 293 cm³/mol. The van der Waals surface area contributed by atoms with E-state index in [9.17, 15) is 14.4 Å². The zero-order chi connectivity index (χ0) is 49.3. The quantitative estimate of drug-likeness (QED) is 0.0262. The second kappa shape index (κ2) is 56.2. The fourth-order valence-electron chi connectivity index (χ4n) is 7.85. The summed E-state index contributed by atoms with van der Waals surface area (Å²) < 4.78 is 16.8. The first-order chi connectivity index (χ1) is 33.5. The molecule has 0 radical (unpaired) electrons. The third-order valence-corrected chi connectivity index (χ3v) is 12.1. The van der Waals surface area contributed by atoms with Crippen molar-refractivity contribution >= 4 is 17.9 Å². The van der Waals surface area contributed by atoms with Gasteiger partial charge in [-0.2, -0.15) is 0 Å². The monoisotopic (exact) mass is 947 g/mol. The average Bonchev–Trinajstić information content (AvgIpc) is 3.34. The predicted octanol–water partition coefficient (Wildman–Crippen LogP) is 19.2. The summed E-state index contributed by atoms with van der Waals surface area (Å²) in [5.74, 6) is -0.901. The second-order valence-electron chi connectivity index (χ2n) is 18.8. The number of esters is 3. The maximum Gasteiger partial charge on any atom is 0.306 e. The first kappa shape index (κ1) is 64.6. The molecule has 68 heavy (non-hydrogen) atoms. The van der Waals surface area contributed by atoms with Crippen LogP contribution in [0.3, 0.4) is 0 Å². The number of carbonyl (C=O) groups excluding carboxylic acids is 3. The zero-order valence-electron chi connectivity index (χ0n) is 44.6. The van der Waals surface area contributed by atoms with Crippen LogP contribution in [-0.4, -0.2) is 37.2 Å². The molecule has 0 spiro atoms. The Hall–Kier alpha value is -3.41. The normalized spacial score (nSPS) is 12.7. The smallest absolute Gasteiger partial charge is 0.306 e. The van der Waals surface area contributed by atoms with Crippen molar-refractivity contribution in [1.29, 1.82) is 0 Å². The molecule has 390 valence electrons. The summed E-state index contributed by atoms with van der Waals surface area (Å²) in [6.45, 7) is 6.49. The van der Waals surface area contributed by atoms with Crippen molar-refractivity contribution in [1.82, 2.24) is 0 Å². The molecule has 1 unspecified atom stereocenters. The van der Waals surface area contributed by atoms with Gasteiger partial charge in [-0.05, 0) is 96.3 Å². The van der Waals surface area contributed by atoms with Gasteiger partial charge in [-0.15, -0.1) is 0 Å². The SMILES string of the molecule is CC/C=C\C/C=C\C/C=C\C/C=C\C/C=C\C/C=C\CCCCCCCCC(=O)OCC(COC(=O)CCCCCCCCCC)OC(=O)CCCCCCCCC/C=C\CCCCCCCC. The Morgan fingerprint density at radius 1 is 0.309 bits per heavy atom. The molecule has 0 rings (SSSR count). The Bertz CT molecular complexity index is 1320. The Labute approximate surface area is 420 Å². The van der Waals surface area contributed by atoms with Crippen molar-refractivity contribution in [3.63, 3.8) is 0 Å². The molecule has 0 aromatic carbocycles. The minimum absolute atomic E-state index is 0.0817. The molecule has 0 aliphatic rings. The number of carbonyl (C=O) groups is 3. The van der Waals surface area contributed by atoms with Gasteiger partial charge in [-0.3, -0.25) is 14.4 Å². The van der Waals surface area contributed by atoms with Crippen LogP contribution in [0, 0.1) is 0 Å². The number of allylic oxidation sites excluding steroid dienone is 14. The van der Waals surface area contributed by atoms with Gasteiger partial charge >= 0.3 is 17.9 Å². The van der Waals surface area contributed by atoms with E-state index in [0.717, 1.165) is 109 Å². The minimum Gasteiger partial charge on any atom is -0.462 e. The fourth-order valence-corrected chi connectivity index (χ4v) is 7.85. The maximum absolute atomic E-state index is 12.8. The molecule has 0 bridgehead atoms. The van der Waals surface area contributed by atoms with Gasteiger partial charge in [-0.25, -0.2) is 0 Å². The van der Waals surface area contributed by atoms with Crippen LogP contribution < -0.4 is 0 Å². The second-order valence-corrected chi connectivity index (χ2v) is 18.8. The summed E-state index contributed by atoms with van der Waals surface area (Å²) in [4.78, 5) is 38.0. The Morgan fingerprint density at radius 2 is 0.574 bits per heavy atom. The number of rotatable bonds is 51. The molecule has 0 saturated heterocycles. The molecule has 0 aromatic heterocycles. The van der Waals surface area contributed by atoms with E-state index in [2.05, 4.69) is 106 Å². The Balaban J connectivity index is 4.27. The van der Waals surface area contributed by atoms with Gasteiger partial charge in [0.25, 0.3) is 0 Å². The molecule has 0 N–H and O–H groups in total. The van der Waals surface area contributed by atoms with Crippen LogP contribution in [0.1, 0.15) is 271 Å². The lowest BCUT2D eigenvalue weighted by atomic mass is 10.1. The van der Waals surface area contributed by atoms with Crippen LogP contribution >= 0.6 is 0 Å². The van der Waals surface area contributed by atoms with Crippen LogP contribution in [0.25, 0.3) is 0 Å². The molecule has 0 heterocycles. The molecule has 1 atom stereocenters. The third-order valence-electron chi connectivity index (χ3n) is 12.1. The summed E-state index contributed by atoms with van der Waals surface area (Å²) in [7, 11) is 0. The highest BCUT2D eigenvalue weighted by molar-refractivity contribution is 5.71. The lowest BCUT2D eigenvalue weighted by Crippen LogP contribution is -2.30. The number of hydrogen-bond acceptors (Lipinski definition) is 6. The molecule has 0 aliphatic carbocycles. The van der Waals surface area contributed by atoms with Crippen LogP contribution in [-0.2, 0) is 28.6 Å². The van der Waals surface area contributed by atoms with E-state index in [4.69, 9.17) is 14.2 Å². The van der Waals surface area contributed by atoms with Gasteiger partial charge in [0.05, 0.1) is 0 Å². The van der Waals surface area contributed by atoms with Gasteiger partial charge in [0, 0.05) is 19.3 Å². The van der Waals surface area contributed by atoms with E-state index < -0.39 is 6.10 Å². The van der Waals surface area contributed by atoms with Gasteiger partial charge in [0.1, 0.15) is 13.2 Å². The highest BCUT2D eigenvalue weighted by Crippen LogP contribution is 2.15. The minimum atomic E-state index is -0.782. The van der Waals surface area contributed by atoms with Crippen molar-refractivity contribution in [2.24, 2.45) is 0 Å². The molecular formula is C62H106O6. The van der Waals surface area contributed by atoms with E-state index in [1.54, 1.807) is 0 Å². The summed E-state index contributed by atoms with van der Waals surface area (Å²) >= 11 is 0. The van der Waals surface area contributed by atoms with Crippen LogP contribution in [0.4, 0.5) is 0 Å². The van der Waals surface area contributed by atoms with Gasteiger partial charge in [-0.1, -0.05) is 241 Å². The molecule has 0 fully saturated rings. The van der Waals surface area contributed by atoms with E-state index in [0.29, 0.717) is 19.3 Å². The first-order valence-electron chi connectivity index (χ1n) is 28.6. The molecule has 0 amide bonds. The van der Waals surface area contributed by atoms with Crippen molar-refractivity contribution in [3.05, 3.63) is 85.1 Å². The molecule has 0 saturated carbocycles. The van der Waals surface area contributed by atoms with Crippen LogP contribution in [0.5, 0.6) is 0 Å². The van der Waals surface area contributed by atoms with Crippen molar-refractivity contribution in [2.45, 2.75) is 277 Å². The molecule has 0 aromatic rings. The lowest BCUT2D eigenvalue weighted by molar-refractivity contribution is -0.167. The van der Waals surface area contributed by atoms with Gasteiger partial charge in [0.15, 0.2) is 6.10 Å². The average molecular weight is 948 g/mol. The van der Waals surface area contributed by atoms with Gasteiger partial charge in [0.2, 0.25) is 0 Å². The largest absolute Gasteiger partial charge is 0.462 e. The lowest BCUT2D eigenvalue weighted by Gasteiger charge is -2.18. The Kier molecular flexibility index (Phi) is 53.4. The third kappa shape index (κ3) is 53.5.